The first-order chi connectivity index (χ1) is 9.48. The van der Waals surface area contributed by atoms with Crippen LogP contribution in [0, 0.1) is 11.3 Å². The van der Waals surface area contributed by atoms with E-state index in [1.807, 2.05) is 0 Å². The largest absolute Gasteiger partial charge is 0.418 e. The van der Waals surface area contributed by atoms with E-state index in [4.69, 9.17) is 11.0 Å². The van der Waals surface area contributed by atoms with Crippen LogP contribution in [0.3, 0.4) is 0 Å². The highest BCUT2D eigenvalue weighted by atomic mass is 32.1. The Kier molecular flexibility index (Phi) is 4.63. The van der Waals surface area contributed by atoms with Gasteiger partial charge in [0.25, 0.3) is 0 Å². The van der Waals surface area contributed by atoms with Crippen LogP contribution < -0.4 is 5.73 Å². The topological polar surface area (TPSA) is 49.8 Å². The molecular formula is C12H6F6N2S. The van der Waals surface area contributed by atoms with Gasteiger partial charge in [0.1, 0.15) is 11.1 Å². The van der Waals surface area contributed by atoms with Crippen LogP contribution in [-0.4, -0.2) is 11.2 Å². The highest BCUT2D eigenvalue weighted by Crippen LogP contribution is 2.38. The minimum atomic E-state index is -4.99. The van der Waals surface area contributed by atoms with Gasteiger partial charge in [-0.05, 0) is 17.7 Å². The second-order valence-corrected chi connectivity index (χ2v) is 4.24. The van der Waals surface area contributed by atoms with Crippen molar-refractivity contribution >= 4 is 22.8 Å². The van der Waals surface area contributed by atoms with E-state index < -0.39 is 39.6 Å². The Labute approximate surface area is 120 Å². The molecule has 2 N–H and O–H groups in total. The molecule has 0 spiro atoms. The molecule has 0 heterocycles. The number of thiocarbonyl (C=S) groups is 1. The van der Waals surface area contributed by atoms with Crippen molar-refractivity contribution in [2.75, 3.05) is 0 Å². The Morgan fingerprint density at radius 2 is 1.52 bits per heavy atom. The number of nitriles is 1. The van der Waals surface area contributed by atoms with Crippen molar-refractivity contribution in [1.29, 1.82) is 5.26 Å². The second kappa shape index (κ2) is 5.73. The molecule has 0 aromatic heterocycles. The van der Waals surface area contributed by atoms with E-state index in [0.29, 0.717) is 24.3 Å². The summed E-state index contributed by atoms with van der Waals surface area (Å²) < 4.78 is 76.1. The molecule has 1 aromatic carbocycles. The summed E-state index contributed by atoms with van der Waals surface area (Å²) in [6, 6.07) is 3.41. The molecule has 0 bridgehead atoms. The molecule has 0 amide bonds. The number of nitrogens with zero attached hydrogens (tertiary/aromatic N) is 1. The van der Waals surface area contributed by atoms with Crippen LogP contribution in [0.5, 0.6) is 0 Å². The van der Waals surface area contributed by atoms with Gasteiger partial charge in [0.05, 0.1) is 16.7 Å². The van der Waals surface area contributed by atoms with E-state index in [9.17, 15) is 26.3 Å². The van der Waals surface area contributed by atoms with Gasteiger partial charge in [-0.25, -0.2) is 0 Å². The minimum absolute atomic E-state index is 0.482. The summed E-state index contributed by atoms with van der Waals surface area (Å²) in [6.07, 6.45) is -9.67. The molecule has 112 valence electrons. The molecule has 9 heteroatoms. The molecule has 0 aliphatic carbocycles. The summed E-state index contributed by atoms with van der Waals surface area (Å²) in [7, 11) is 0. The van der Waals surface area contributed by atoms with Crippen molar-refractivity contribution in [2.24, 2.45) is 5.73 Å². The number of allylic oxidation sites excluding steroid dienone is 1. The van der Waals surface area contributed by atoms with Crippen molar-refractivity contribution in [2.45, 2.75) is 12.4 Å². The van der Waals surface area contributed by atoms with Gasteiger partial charge in [-0.2, -0.15) is 31.6 Å². The Morgan fingerprint density at radius 1 is 1.05 bits per heavy atom. The van der Waals surface area contributed by atoms with E-state index >= 15 is 0 Å². The SMILES string of the molecule is N#CC(C(N)=S)=C(c1ccc(C(F)(F)F)cc1)C(F)(F)F. The highest BCUT2D eigenvalue weighted by molar-refractivity contribution is 7.80. The Balaban J connectivity index is 3.51. The number of hydrogen-bond acceptors (Lipinski definition) is 2. The van der Waals surface area contributed by atoms with Gasteiger partial charge in [-0.3, -0.25) is 0 Å². The summed E-state index contributed by atoms with van der Waals surface area (Å²) in [4.78, 5) is -0.787. The first-order valence-electron chi connectivity index (χ1n) is 5.17. The lowest BCUT2D eigenvalue weighted by molar-refractivity contribution is -0.137. The third kappa shape index (κ3) is 3.95. The lowest BCUT2D eigenvalue weighted by Gasteiger charge is -2.15. The van der Waals surface area contributed by atoms with Gasteiger partial charge in [0.15, 0.2) is 0 Å². The fraction of sp³-hybridized carbons (Fsp3) is 0.167. The predicted octanol–water partition coefficient (Wildman–Crippen LogP) is 3.83. The third-order valence-electron chi connectivity index (χ3n) is 2.39. The van der Waals surface area contributed by atoms with Crippen molar-refractivity contribution in [3.05, 3.63) is 41.0 Å². The first-order valence-corrected chi connectivity index (χ1v) is 5.58. The lowest BCUT2D eigenvalue weighted by Crippen LogP contribution is -2.20. The van der Waals surface area contributed by atoms with Crippen molar-refractivity contribution < 1.29 is 26.3 Å². The van der Waals surface area contributed by atoms with Crippen LogP contribution in [-0.2, 0) is 6.18 Å². The summed E-state index contributed by atoms with van der Waals surface area (Å²) >= 11 is 4.36. The maximum Gasteiger partial charge on any atom is 0.418 e. The van der Waals surface area contributed by atoms with Crippen molar-refractivity contribution in [1.82, 2.24) is 0 Å². The van der Waals surface area contributed by atoms with Crippen molar-refractivity contribution in [3.63, 3.8) is 0 Å². The molecule has 0 aliphatic rings. The van der Waals surface area contributed by atoms with E-state index in [1.54, 1.807) is 0 Å². The van der Waals surface area contributed by atoms with E-state index in [-0.39, 0.29) is 0 Å². The normalized spacial score (nSPS) is 13.4. The molecular weight excluding hydrogens is 318 g/mol. The predicted molar refractivity (Wildman–Crippen MR) is 66.8 cm³/mol. The maximum atomic E-state index is 13.0. The van der Waals surface area contributed by atoms with Crippen LogP contribution in [0.15, 0.2) is 29.8 Å². The quantitative estimate of drug-likeness (QED) is 0.389. The van der Waals surface area contributed by atoms with Crippen LogP contribution in [0.1, 0.15) is 11.1 Å². The molecule has 0 fully saturated rings. The smallest absolute Gasteiger partial charge is 0.389 e. The lowest BCUT2D eigenvalue weighted by atomic mass is 9.98. The highest BCUT2D eigenvalue weighted by Gasteiger charge is 2.39. The molecule has 0 aliphatic heterocycles. The first kappa shape index (κ1) is 17.0. The van der Waals surface area contributed by atoms with Crippen LogP contribution in [0.4, 0.5) is 26.3 Å². The van der Waals surface area contributed by atoms with Crippen LogP contribution >= 0.6 is 12.2 Å². The van der Waals surface area contributed by atoms with Crippen LogP contribution in [0.25, 0.3) is 5.57 Å². The molecule has 0 atom stereocenters. The minimum Gasteiger partial charge on any atom is -0.389 e. The second-order valence-electron chi connectivity index (χ2n) is 3.80. The number of alkyl halides is 6. The molecule has 2 nitrogen and oxygen atoms in total. The summed E-state index contributed by atoms with van der Waals surface area (Å²) in [5.41, 5.74) is 0.849. The number of hydrogen-bond donors (Lipinski definition) is 1. The molecule has 0 saturated heterocycles. The van der Waals surface area contributed by atoms with Gasteiger partial charge in [-0.15, -0.1) is 0 Å². The monoisotopic (exact) mass is 324 g/mol. The van der Waals surface area contributed by atoms with E-state index in [2.05, 4.69) is 12.2 Å². The van der Waals surface area contributed by atoms with Gasteiger partial charge in [-0.1, -0.05) is 24.4 Å². The fourth-order valence-corrected chi connectivity index (χ4v) is 1.66. The molecule has 1 aromatic rings. The number of halogens is 6. The average molecular weight is 324 g/mol. The molecule has 0 unspecified atom stereocenters. The number of rotatable bonds is 2. The maximum absolute atomic E-state index is 13.0. The molecule has 0 radical (unpaired) electrons. The summed E-state index contributed by atoms with van der Waals surface area (Å²) in [5.74, 6) is 0. The zero-order valence-corrected chi connectivity index (χ0v) is 10.8. The number of benzene rings is 1. The van der Waals surface area contributed by atoms with Gasteiger partial charge >= 0.3 is 12.4 Å². The summed E-state index contributed by atoms with van der Waals surface area (Å²) in [6.45, 7) is 0. The van der Waals surface area contributed by atoms with E-state index in [1.165, 1.54) is 6.07 Å². The Bertz CT molecular complexity index is 619. The Morgan fingerprint density at radius 3 is 1.81 bits per heavy atom. The zero-order chi connectivity index (χ0) is 16.4. The van der Waals surface area contributed by atoms with Crippen molar-refractivity contribution in [3.8, 4) is 6.07 Å². The number of nitrogens with two attached hydrogens (primary N) is 1. The zero-order valence-electron chi connectivity index (χ0n) is 10.0. The average Bonchev–Trinajstić information content (AvgIpc) is 2.32. The third-order valence-corrected chi connectivity index (χ3v) is 2.60. The summed E-state index contributed by atoms with van der Waals surface area (Å²) in [5, 5.41) is 8.72. The molecule has 21 heavy (non-hydrogen) atoms. The standard InChI is InChI=1S/C12H6F6N2S/c13-11(14,15)7-3-1-6(2-4-7)9(12(16,17)18)8(5-19)10(20)21/h1-4H,(H2,20,21). The Hall–Kier alpha value is -2.08. The van der Waals surface area contributed by atoms with Crippen LogP contribution in [0.2, 0.25) is 0 Å². The molecule has 0 saturated carbocycles. The molecule has 1 rings (SSSR count). The van der Waals surface area contributed by atoms with E-state index in [0.717, 1.165) is 0 Å². The van der Waals surface area contributed by atoms with Gasteiger partial charge < -0.3 is 5.73 Å². The van der Waals surface area contributed by atoms with Gasteiger partial charge in [0, 0.05) is 0 Å². The fourth-order valence-electron chi connectivity index (χ4n) is 1.51. The van der Waals surface area contributed by atoms with Gasteiger partial charge in [0.2, 0.25) is 0 Å².